The first kappa shape index (κ1) is 14.4. The van der Waals surface area contributed by atoms with Gasteiger partial charge in [0.15, 0.2) is 11.6 Å². The predicted molar refractivity (Wildman–Crippen MR) is 81.4 cm³/mol. The average molecular weight is 292 g/mol. The summed E-state index contributed by atoms with van der Waals surface area (Å²) in [5, 5.41) is 2.85. The fraction of sp³-hybridized carbons (Fsp3) is 0.133. The van der Waals surface area contributed by atoms with E-state index in [9.17, 15) is 8.78 Å². The van der Waals surface area contributed by atoms with Crippen LogP contribution in [0.2, 0.25) is 0 Å². The van der Waals surface area contributed by atoms with E-state index >= 15 is 0 Å². The number of hydrogen-bond acceptors (Lipinski definition) is 2. The van der Waals surface area contributed by atoms with Crippen molar-refractivity contribution in [3.05, 3.63) is 58.7 Å². The third-order valence-corrected chi connectivity index (χ3v) is 3.35. The molecular formula is C15H14F2N2S. The molecule has 3 N–H and O–H groups in total. The molecule has 0 amide bonds. The highest BCUT2D eigenvalue weighted by Gasteiger charge is 2.15. The molecule has 0 aliphatic heterocycles. The molecule has 0 fully saturated rings. The van der Waals surface area contributed by atoms with E-state index in [2.05, 4.69) is 17.5 Å². The number of nitrogens with two attached hydrogens (primary N) is 1. The van der Waals surface area contributed by atoms with Crippen LogP contribution in [0.4, 0.5) is 20.2 Å². The molecule has 0 bridgehead atoms. The lowest BCUT2D eigenvalue weighted by molar-refractivity contribution is 0.510. The minimum absolute atomic E-state index is 0.0470. The lowest BCUT2D eigenvalue weighted by Crippen LogP contribution is -2.13. The summed E-state index contributed by atoms with van der Waals surface area (Å²) in [6.45, 7) is 3.93. The van der Waals surface area contributed by atoms with Gasteiger partial charge in [-0.1, -0.05) is 18.3 Å². The Kier molecular flexibility index (Phi) is 3.99. The van der Waals surface area contributed by atoms with Gasteiger partial charge in [-0.05, 0) is 49.2 Å². The third kappa shape index (κ3) is 2.77. The summed E-state index contributed by atoms with van der Waals surface area (Å²) < 4.78 is 27.7. The van der Waals surface area contributed by atoms with Gasteiger partial charge in [0.2, 0.25) is 0 Å². The Balaban J connectivity index is 2.37. The van der Waals surface area contributed by atoms with Gasteiger partial charge in [-0.25, -0.2) is 8.78 Å². The predicted octanol–water partition coefficient (Wildman–Crippen LogP) is 3.96. The van der Waals surface area contributed by atoms with Crippen LogP contribution in [0.25, 0.3) is 0 Å². The average Bonchev–Trinajstić information content (AvgIpc) is 2.39. The minimum atomic E-state index is -1.04. The SMILES string of the molecule is Cc1ccc(Nc2ccc(C(N)=S)c(F)c2F)cc1C. The Bertz CT molecular complexity index is 684. The molecule has 0 aliphatic rings. The lowest BCUT2D eigenvalue weighted by atomic mass is 10.1. The van der Waals surface area contributed by atoms with Gasteiger partial charge in [0, 0.05) is 11.3 Å². The van der Waals surface area contributed by atoms with E-state index in [0.717, 1.165) is 11.1 Å². The first-order chi connectivity index (χ1) is 9.40. The number of hydrogen-bond donors (Lipinski definition) is 2. The van der Waals surface area contributed by atoms with Crippen molar-refractivity contribution in [2.24, 2.45) is 5.73 Å². The summed E-state index contributed by atoms with van der Waals surface area (Å²) in [7, 11) is 0. The molecule has 0 heterocycles. The summed E-state index contributed by atoms with van der Waals surface area (Å²) in [4.78, 5) is -0.167. The van der Waals surface area contributed by atoms with Crippen molar-refractivity contribution < 1.29 is 8.78 Å². The molecule has 0 radical (unpaired) electrons. The highest BCUT2D eigenvalue weighted by molar-refractivity contribution is 7.80. The van der Waals surface area contributed by atoms with Gasteiger partial charge in [-0.3, -0.25) is 0 Å². The van der Waals surface area contributed by atoms with Crippen molar-refractivity contribution in [2.45, 2.75) is 13.8 Å². The molecule has 0 aromatic heterocycles. The molecular weight excluding hydrogens is 278 g/mol. The van der Waals surface area contributed by atoms with E-state index in [-0.39, 0.29) is 16.2 Å². The van der Waals surface area contributed by atoms with Gasteiger partial charge < -0.3 is 11.1 Å². The largest absolute Gasteiger partial charge is 0.389 e. The zero-order chi connectivity index (χ0) is 14.9. The van der Waals surface area contributed by atoms with Crippen LogP contribution in [0.3, 0.4) is 0 Å². The maximum Gasteiger partial charge on any atom is 0.182 e. The second-order valence-corrected chi connectivity index (χ2v) is 5.02. The summed E-state index contributed by atoms with van der Waals surface area (Å²) >= 11 is 4.66. The number of aryl methyl sites for hydroxylation is 2. The molecule has 20 heavy (non-hydrogen) atoms. The zero-order valence-corrected chi connectivity index (χ0v) is 11.9. The molecule has 104 valence electrons. The first-order valence-electron chi connectivity index (χ1n) is 6.02. The molecule has 0 spiro atoms. The van der Waals surface area contributed by atoms with Crippen LogP contribution in [0, 0.1) is 25.5 Å². The second kappa shape index (κ2) is 5.54. The maximum absolute atomic E-state index is 13.9. The summed E-state index contributed by atoms with van der Waals surface area (Å²) in [5.74, 6) is -2.03. The molecule has 0 saturated heterocycles. The second-order valence-electron chi connectivity index (χ2n) is 4.58. The number of nitrogens with one attached hydrogen (secondary N) is 1. The summed E-state index contributed by atoms with van der Waals surface area (Å²) in [6.07, 6.45) is 0. The molecule has 2 aromatic rings. The fourth-order valence-electron chi connectivity index (χ4n) is 1.81. The third-order valence-electron chi connectivity index (χ3n) is 3.13. The van der Waals surface area contributed by atoms with E-state index in [1.54, 1.807) is 6.07 Å². The molecule has 0 atom stereocenters. The van der Waals surface area contributed by atoms with Crippen LogP contribution in [0.5, 0.6) is 0 Å². The van der Waals surface area contributed by atoms with E-state index in [1.807, 2.05) is 26.0 Å². The van der Waals surface area contributed by atoms with Crippen molar-refractivity contribution in [3.8, 4) is 0 Å². The molecule has 5 heteroatoms. The van der Waals surface area contributed by atoms with Gasteiger partial charge in [0.1, 0.15) is 4.99 Å². The van der Waals surface area contributed by atoms with Gasteiger partial charge in [-0.15, -0.1) is 0 Å². The van der Waals surface area contributed by atoms with Crippen molar-refractivity contribution in [3.63, 3.8) is 0 Å². The molecule has 2 aromatic carbocycles. The first-order valence-corrected chi connectivity index (χ1v) is 6.43. The number of halogens is 2. The van der Waals surface area contributed by atoms with E-state index in [4.69, 9.17) is 5.73 Å². The van der Waals surface area contributed by atoms with Crippen molar-refractivity contribution >= 4 is 28.6 Å². The Labute approximate surface area is 121 Å². The van der Waals surface area contributed by atoms with Crippen LogP contribution < -0.4 is 11.1 Å². The van der Waals surface area contributed by atoms with Crippen LogP contribution in [-0.4, -0.2) is 4.99 Å². The molecule has 2 rings (SSSR count). The minimum Gasteiger partial charge on any atom is -0.389 e. The molecule has 0 unspecified atom stereocenters. The number of thiocarbonyl (C=S) groups is 1. The number of benzene rings is 2. The maximum atomic E-state index is 13.9. The Hall–Kier alpha value is -2.01. The van der Waals surface area contributed by atoms with Gasteiger partial charge in [0.05, 0.1) is 5.69 Å². The lowest BCUT2D eigenvalue weighted by Gasteiger charge is -2.11. The van der Waals surface area contributed by atoms with Gasteiger partial charge in [-0.2, -0.15) is 0 Å². The summed E-state index contributed by atoms with van der Waals surface area (Å²) in [6, 6.07) is 8.37. The number of rotatable bonds is 3. The summed E-state index contributed by atoms with van der Waals surface area (Å²) in [5.41, 5.74) is 8.16. The van der Waals surface area contributed by atoms with Crippen molar-refractivity contribution in [1.82, 2.24) is 0 Å². The monoisotopic (exact) mass is 292 g/mol. The fourth-order valence-corrected chi connectivity index (χ4v) is 1.97. The highest BCUT2D eigenvalue weighted by atomic mass is 32.1. The Morgan fingerprint density at radius 3 is 2.35 bits per heavy atom. The van der Waals surface area contributed by atoms with E-state index in [0.29, 0.717) is 5.69 Å². The van der Waals surface area contributed by atoms with Crippen molar-refractivity contribution in [1.29, 1.82) is 0 Å². The standard InChI is InChI=1S/C15H14F2N2S/c1-8-3-4-10(7-9(8)2)19-12-6-5-11(15(18)20)13(16)14(12)17/h3-7,19H,1-2H3,(H2,18,20). The Morgan fingerprint density at radius 1 is 1.05 bits per heavy atom. The number of anilines is 2. The Morgan fingerprint density at radius 2 is 1.75 bits per heavy atom. The quantitative estimate of drug-likeness (QED) is 0.841. The van der Waals surface area contributed by atoms with Crippen molar-refractivity contribution in [2.75, 3.05) is 5.32 Å². The van der Waals surface area contributed by atoms with E-state index < -0.39 is 11.6 Å². The highest BCUT2D eigenvalue weighted by Crippen LogP contribution is 2.25. The van der Waals surface area contributed by atoms with Gasteiger partial charge in [0.25, 0.3) is 0 Å². The van der Waals surface area contributed by atoms with E-state index in [1.165, 1.54) is 12.1 Å². The van der Waals surface area contributed by atoms with Gasteiger partial charge >= 0.3 is 0 Å². The van der Waals surface area contributed by atoms with Crippen LogP contribution in [-0.2, 0) is 0 Å². The zero-order valence-electron chi connectivity index (χ0n) is 11.1. The van der Waals surface area contributed by atoms with Crippen LogP contribution >= 0.6 is 12.2 Å². The van der Waals surface area contributed by atoms with Crippen LogP contribution in [0.15, 0.2) is 30.3 Å². The molecule has 0 aliphatic carbocycles. The smallest absolute Gasteiger partial charge is 0.182 e. The van der Waals surface area contributed by atoms with Crippen LogP contribution in [0.1, 0.15) is 16.7 Å². The topological polar surface area (TPSA) is 38.0 Å². The normalized spacial score (nSPS) is 10.4. The molecule has 2 nitrogen and oxygen atoms in total. The molecule has 0 saturated carbocycles.